The van der Waals surface area contributed by atoms with E-state index in [4.69, 9.17) is 5.73 Å². The Bertz CT molecular complexity index is 655. The van der Waals surface area contributed by atoms with Gasteiger partial charge in [-0.2, -0.15) is 0 Å². The minimum absolute atomic E-state index is 0.822. The highest BCUT2D eigenvalue weighted by Crippen LogP contribution is 2.35. The van der Waals surface area contributed by atoms with Crippen LogP contribution in [0.5, 0.6) is 0 Å². The second-order valence-corrected chi connectivity index (χ2v) is 5.81. The van der Waals surface area contributed by atoms with Crippen LogP contribution in [-0.4, -0.2) is 14.1 Å². The van der Waals surface area contributed by atoms with Crippen molar-refractivity contribution in [1.82, 2.24) is 0 Å². The maximum Gasteiger partial charge on any atom is 0.0423 e. The molecule has 0 aliphatic heterocycles. The van der Waals surface area contributed by atoms with E-state index in [2.05, 4.69) is 58.8 Å². The number of benzene rings is 2. The van der Waals surface area contributed by atoms with Crippen molar-refractivity contribution in [2.75, 3.05) is 24.7 Å². The van der Waals surface area contributed by atoms with Crippen LogP contribution in [0.1, 0.15) is 22.3 Å². The van der Waals surface area contributed by atoms with Crippen LogP contribution in [0.2, 0.25) is 0 Å². The SMILES string of the molecule is Cc1cc(N)ccc1-c1cc(C)c(N(C)C)c(C)c1C. The molecule has 0 bridgehead atoms. The molecule has 0 fully saturated rings. The van der Waals surface area contributed by atoms with E-state index < -0.39 is 0 Å². The molecule has 106 valence electrons. The third kappa shape index (κ3) is 2.38. The summed E-state index contributed by atoms with van der Waals surface area (Å²) in [5, 5.41) is 0. The maximum atomic E-state index is 5.86. The molecule has 2 heteroatoms. The highest BCUT2D eigenvalue weighted by molar-refractivity contribution is 5.78. The van der Waals surface area contributed by atoms with E-state index in [9.17, 15) is 0 Å². The van der Waals surface area contributed by atoms with Gasteiger partial charge in [0.1, 0.15) is 0 Å². The molecule has 0 saturated carbocycles. The second kappa shape index (κ2) is 5.20. The van der Waals surface area contributed by atoms with Gasteiger partial charge in [0.2, 0.25) is 0 Å². The van der Waals surface area contributed by atoms with Crippen LogP contribution in [0.15, 0.2) is 24.3 Å². The third-order valence-electron chi connectivity index (χ3n) is 4.04. The molecule has 20 heavy (non-hydrogen) atoms. The number of anilines is 2. The van der Waals surface area contributed by atoms with Gasteiger partial charge in [0.25, 0.3) is 0 Å². The number of aryl methyl sites for hydroxylation is 2. The van der Waals surface area contributed by atoms with Gasteiger partial charge in [0, 0.05) is 25.5 Å². The zero-order valence-electron chi connectivity index (χ0n) is 13.3. The monoisotopic (exact) mass is 268 g/mol. The molecule has 0 amide bonds. The first-order chi connectivity index (χ1) is 9.32. The molecule has 0 aromatic heterocycles. The fraction of sp³-hybridized carbons (Fsp3) is 0.333. The lowest BCUT2D eigenvalue weighted by Crippen LogP contribution is -2.13. The fourth-order valence-electron chi connectivity index (χ4n) is 3.03. The standard InChI is InChI=1S/C18H24N2/c1-11-9-15(19)7-8-16(11)17-10-12(2)18(20(5)6)14(4)13(17)3/h7-10H,19H2,1-6H3. The molecule has 0 saturated heterocycles. The number of nitrogens with two attached hydrogens (primary N) is 1. The summed E-state index contributed by atoms with van der Waals surface area (Å²) in [5.41, 5.74) is 15.8. The molecule has 0 atom stereocenters. The summed E-state index contributed by atoms with van der Waals surface area (Å²) < 4.78 is 0. The topological polar surface area (TPSA) is 29.3 Å². The van der Waals surface area contributed by atoms with Crippen LogP contribution in [0.3, 0.4) is 0 Å². The van der Waals surface area contributed by atoms with Crippen LogP contribution in [0.25, 0.3) is 11.1 Å². The Morgan fingerprint density at radius 2 is 1.45 bits per heavy atom. The van der Waals surface area contributed by atoms with Gasteiger partial charge in [-0.3, -0.25) is 0 Å². The van der Waals surface area contributed by atoms with E-state index in [1.165, 1.54) is 39.1 Å². The molecule has 0 heterocycles. The summed E-state index contributed by atoms with van der Waals surface area (Å²) >= 11 is 0. The molecule has 2 nitrogen and oxygen atoms in total. The van der Waals surface area contributed by atoms with Gasteiger partial charge in [0.15, 0.2) is 0 Å². The Morgan fingerprint density at radius 1 is 0.800 bits per heavy atom. The molecular weight excluding hydrogens is 244 g/mol. The van der Waals surface area contributed by atoms with E-state index in [0.29, 0.717) is 0 Å². The van der Waals surface area contributed by atoms with Crippen molar-refractivity contribution in [2.45, 2.75) is 27.7 Å². The first-order valence-corrected chi connectivity index (χ1v) is 6.97. The highest BCUT2D eigenvalue weighted by Gasteiger charge is 2.14. The molecule has 0 unspecified atom stereocenters. The lowest BCUT2D eigenvalue weighted by Gasteiger charge is -2.23. The van der Waals surface area contributed by atoms with Crippen molar-refractivity contribution in [3.8, 4) is 11.1 Å². The van der Waals surface area contributed by atoms with Gasteiger partial charge in [-0.25, -0.2) is 0 Å². The van der Waals surface area contributed by atoms with Crippen molar-refractivity contribution in [1.29, 1.82) is 0 Å². The number of nitrogens with zero attached hydrogens (tertiary/aromatic N) is 1. The quantitative estimate of drug-likeness (QED) is 0.826. The first kappa shape index (κ1) is 14.4. The zero-order chi connectivity index (χ0) is 15.0. The average molecular weight is 268 g/mol. The average Bonchev–Trinajstić information content (AvgIpc) is 2.34. The molecule has 0 aliphatic rings. The van der Waals surface area contributed by atoms with Crippen molar-refractivity contribution in [2.24, 2.45) is 0 Å². The van der Waals surface area contributed by atoms with Gasteiger partial charge in [-0.15, -0.1) is 0 Å². The van der Waals surface area contributed by atoms with E-state index in [1.807, 2.05) is 12.1 Å². The number of hydrogen-bond acceptors (Lipinski definition) is 2. The van der Waals surface area contributed by atoms with Gasteiger partial charge >= 0.3 is 0 Å². The minimum Gasteiger partial charge on any atom is -0.399 e. The maximum absolute atomic E-state index is 5.86. The minimum atomic E-state index is 0.822. The summed E-state index contributed by atoms with van der Waals surface area (Å²) in [5.74, 6) is 0. The van der Waals surface area contributed by atoms with Crippen LogP contribution < -0.4 is 10.6 Å². The second-order valence-electron chi connectivity index (χ2n) is 5.81. The molecule has 2 aromatic carbocycles. The van der Waals surface area contributed by atoms with Crippen molar-refractivity contribution < 1.29 is 0 Å². The molecule has 0 radical (unpaired) electrons. The summed E-state index contributed by atoms with van der Waals surface area (Å²) in [6.07, 6.45) is 0. The Morgan fingerprint density at radius 3 is 2.00 bits per heavy atom. The van der Waals surface area contributed by atoms with Crippen molar-refractivity contribution in [3.63, 3.8) is 0 Å². The lowest BCUT2D eigenvalue weighted by atomic mass is 9.90. The largest absolute Gasteiger partial charge is 0.399 e. The molecule has 2 N–H and O–H groups in total. The van der Waals surface area contributed by atoms with E-state index in [1.54, 1.807) is 0 Å². The molecule has 0 spiro atoms. The lowest BCUT2D eigenvalue weighted by molar-refractivity contribution is 1.09. The van der Waals surface area contributed by atoms with Gasteiger partial charge in [-0.1, -0.05) is 6.07 Å². The predicted molar refractivity (Wildman–Crippen MR) is 89.6 cm³/mol. The summed E-state index contributed by atoms with van der Waals surface area (Å²) in [6.45, 7) is 8.70. The van der Waals surface area contributed by atoms with Gasteiger partial charge < -0.3 is 10.6 Å². The highest BCUT2D eigenvalue weighted by atomic mass is 15.1. The van der Waals surface area contributed by atoms with Gasteiger partial charge in [0.05, 0.1) is 0 Å². The Kier molecular flexibility index (Phi) is 3.76. The number of nitrogen functional groups attached to an aromatic ring is 1. The van der Waals surface area contributed by atoms with Crippen LogP contribution in [-0.2, 0) is 0 Å². The Hall–Kier alpha value is -1.96. The molecule has 0 aliphatic carbocycles. The molecule has 2 aromatic rings. The van der Waals surface area contributed by atoms with Crippen LogP contribution in [0.4, 0.5) is 11.4 Å². The smallest absolute Gasteiger partial charge is 0.0423 e. The van der Waals surface area contributed by atoms with Crippen molar-refractivity contribution in [3.05, 3.63) is 46.5 Å². The molecule has 2 rings (SSSR count). The summed E-state index contributed by atoms with van der Waals surface area (Å²) in [4.78, 5) is 2.19. The van der Waals surface area contributed by atoms with E-state index in [0.717, 1.165) is 5.69 Å². The van der Waals surface area contributed by atoms with Gasteiger partial charge in [-0.05, 0) is 79.3 Å². The summed E-state index contributed by atoms with van der Waals surface area (Å²) in [7, 11) is 4.20. The first-order valence-electron chi connectivity index (χ1n) is 6.97. The van der Waals surface area contributed by atoms with E-state index >= 15 is 0 Å². The number of hydrogen-bond donors (Lipinski definition) is 1. The van der Waals surface area contributed by atoms with E-state index in [-0.39, 0.29) is 0 Å². The van der Waals surface area contributed by atoms with Crippen LogP contribution in [0, 0.1) is 27.7 Å². The van der Waals surface area contributed by atoms with Crippen LogP contribution >= 0.6 is 0 Å². The predicted octanol–water partition coefficient (Wildman–Crippen LogP) is 4.24. The third-order valence-corrected chi connectivity index (χ3v) is 4.04. The zero-order valence-corrected chi connectivity index (χ0v) is 13.3. The number of rotatable bonds is 2. The Labute approximate surface area is 122 Å². The van der Waals surface area contributed by atoms with Crippen molar-refractivity contribution >= 4 is 11.4 Å². The molecular formula is C18H24N2. The Balaban J connectivity index is 2.70. The normalized spacial score (nSPS) is 10.7. The summed E-state index contributed by atoms with van der Waals surface area (Å²) in [6, 6.07) is 8.43. The fourth-order valence-corrected chi connectivity index (χ4v) is 3.03.